The lowest BCUT2D eigenvalue weighted by Crippen LogP contribution is -2.04. The number of nitrogens with zero attached hydrogens (tertiary/aromatic N) is 4. The van der Waals surface area contributed by atoms with E-state index >= 15 is 0 Å². The predicted molar refractivity (Wildman–Crippen MR) is 76.5 cm³/mol. The van der Waals surface area contributed by atoms with Crippen molar-refractivity contribution in [3.63, 3.8) is 0 Å². The minimum absolute atomic E-state index is 0.193. The summed E-state index contributed by atoms with van der Waals surface area (Å²) in [5.74, 6) is 1.13. The molecule has 4 N–H and O–H groups in total. The number of benzene rings is 1. The summed E-state index contributed by atoms with van der Waals surface area (Å²) in [5.41, 5.74) is 13.2. The van der Waals surface area contributed by atoms with Gasteiger partial charge in [-0.2, -0.15) is 10.1 Å². The van der Waals surface area contributed by atoms with E-state index in [1.165, 1.54) is 0 Å². The van der Waals surface area contributed by atoms with Crippen LogP contribution in [0, 0.1) is 5.92 Å². The Kier molecular flexibility index (Phi) is 2.51. The number of hydrogen-bond acceptors (Lipinski definition) is 5. The molecule has 0 unspecified atom stereocenters. The first-order valence-electron chi connectivity index (χ1n) is 6.23. The standard InChI is InChI=1S/C13H16N6/c1-7(2)5-19-6-8-9(18-19)3-4-10-11(8)12(14)17-13(15)16-10/h3-4,6-7H,5H2,1-2H3,(H4,14,15,16,17). The first kappa shape index (κ1) is 11.7. The zero-order valence-corrected chi connectivity index (χ0v) is 11.0. The van der Waals surface area contributed by atoms with E-state index in [2.05, 4.69) is 28.9 Å². The highest BCUT2D eigenvalue weighted by Crippen LogP contribution is 2.27. The van der Waals surface area contributed by atoms with E-state index < -0.39 is 0 Å². The Hall–Kier alpha value is -2.37. The van der Waals surface area contributed by atoms with Gasteiger partial charge >= 0.3 is 0 Å². The molecule has 0 aliphatic rings. The highest BCUT2D eigenvalue weighted by molar-refractivity contribution is 6.09. The number of rotatable bonds is 2. The van der Waals surface area contributed by atoms with Gasteiger partial charge in [-0.3, -0.25) is 4.68 Å². The zero-order chi connectivity index (χ0) is 13.6. The highest BCUT2D eigenvalue weighted by Gasteiger charge is 2.11. The summed E-state index contributed by atoms with van der Waals surface area (Å²) >= 11 is 0. The third-order valence-corrected chi connectivity index (χ3v) is 2.99. The Bertz CT molecular complexity index is 758. The van der Waals surface area contributed by atoms with Crippen molar-refractivity contribution in [3.05, 3.63) is 18.3 Å². The Morgan fingerprint density at radius 2 is 1.89 bits per heavy atom. The summed E-state index contributed by atoms with van der Waals surface area (Å²) < 4.78 is 1.94. The molecule has 6 nitrogen and oxygen atoms in total. The Balaban J connectivity index is 2.30. The minimum Gasteiger partial charge on any atom is -0.383 e. The third kappa shape index (κ3) is 1.95. The maximum Gasteiger partial charge on any atom is 0.222 e. The molecule has 0 saturated heterocycles. The van der Waals surface area contributed by atoms with Crippen LogP contribution in [0.4, 0.5) is 11.8 Å². The van der Waals surface area contributed by atoms with Gasteiger partial charge in [0.15, 0.2) is 0 Å². The molecule has 0 aliphatic carbocycles. The lowest BCUT2D eigenvalue weighted by molar-refractivity contribution is 0.486. The summed E-state index contributed by atoms with van der Waals surface area (Å²) in [6.07, 6.45) is 1.99. The smallest absolute Gasteiger partial charge is 0.222 e. The minimum atomic E-state index is 0.193. The van der Waals surface area contributed by atoms with Crippen LogP contribution in [0.15, 0.2) is 18.3 Å². The van der Waals surface area contributed by atoms with Gasteiger partial charge in [0, 0.05) is 18.1 Å². The lowest BCUT2D eigenvalue weighted by Gasteiger charge is -2.03. The van der Waals surface area contributed by atoms with Crippen molar-refractivity contribution >= 4 is 33.6 Å². The molecule has 3 rings (SSSR count). The van der Waals surface area contributed by atoms with Crippen LogP contribution in [-0.2, 0) is 6.54 Å². The first-order chi connectivity index (χ1) is 9.04. The van der Waals surface area contributed by atoms with E-state index in [9.17, 15) is 0 Å². The average molecular weight is 256 g/mol. The second-order valence-electron chi connectivity index (χ2n) is 5.10. The van der Waals surface area contributed by atoms with E-state index in [-0.39, 0.29) is 5.95 Å². The third-order valence-electron chi connectivity index (χ3n) is 2.99. The fourth-order valence-corrected chi connectivity index (χ4v) is 2.29. The van der Waals surface area contributed by atoms with Crippen molar-refractivity contribution in [2.45, 2.75) is 20.4 Å². The van der Waals surface area contributed by atoms with Gasteiger partial charge in [-0.1, -0.05) is 13.8 Å². The predicted octanol–water partition coefficient (Wildman–Crippen LogP) is 1.80. The molecule has 6 heteroatoms. The lowest BCUT2D eigenvalue weighted by atomic mass is 10.1. The van der Waals surface area contributed by atoms with Gasteiger partial charge in [0.2, 0.25) is 5.95 Å². The number of anilines is 2. The van der Waals surface area contributed by atoms with Crippen LogP contribution in [0.3, 0.4) is 0 Å². The maximum atomic E-state index is 5.97. The molecule has 0 aliphatic heterocycles. The summed E-state index contributed by atoms with van der Waals surface area (Å²) in [4.78, 5) is 8.24. The van der Waals surface area contributed by atoms with Crippen molar-refractivity contribution in [3.8, 4) is 0 Å². The van der Waals surface area contributed by atoms with E-state index in [0.29, 0.717) is 11.7 Å². The van der Waals surface area contributed by atoms with Gasteiger partial charge in [-0.05, 0) is 18.1 Å². The van der Waals surface area contributed by atoms with Gasteiger partial charge in [0.05, 0.1) is 16.4 Å². The van der Waals surface area contributed by atoms with E-state index in [1.54, 1.807) is 0 Å². The van der Waals surface area contributed by atoms with E-state index in [1.807, 2.05) is 23.0 Å². The summed E-state index contributed by atoms with van der Waals surface area (Å²) in [6.45, 7) is 5.18. The molecule has 0 radical (unpaired) electrons. The van der Waals surface area contributed by atoms with Gasteiger partial charge in [-0.25, -0.2) is 4.98 Å². The molecule has 19 heavy (non-hydrogen) atoms. The van der Waals surface area contributed by atoms with Crippen LogP contribution >= 0.6 is 0 Å². The van der Waals surface area contributed by atoms with Crippen molar-refractivity contribution in [1.82, 2.24) is 19.7 Å². The fraction of sp³-hybridized carbons (Fsp3) is 0.308. The molecule has 0 atom stereocenters. The van der Waals surface area contributed by atoms with Crippen LogP contribution in [0.5, 0.6) is 0 Å². The van der Waals surface area contributed by atoms with E-state index in [4.69, 9.17) is 11.5 Å². The molecular weight excluding hydrogens is 240 g/mol. The average Bonchev–Trinajstić information content (AvgIpc) is 2.68. The molecule has 0 fully saturated rings. The molecule has 3 aromatic rings. The molecule has 98 valence electrons. The molecule has 2 heterocycles. The molecule has 0 saturated carbocycles. The highest BCUT2D eigenvalue weighted by atomic mass is 15.3. The van der Waals surface area contributed by atoms with Crippen LogP contribution < -0.4 is 11.5 Å². The summed E-state index contributed by atoms with van der Waals surface area (Å²) in [5, 5.41) is 6.33. The Labute approximate surface area is 110 Å². The topological polar surface area (TPSA) is 95.6 Å². The fourth-order valence-electron chi connectivity index (χ4n) is 2.29. The molecule has 0 spiro atoms. The summed E-state index contributed by atoms with van der Waals surface area (Å²) in [6, 6.07) is 3.80. The van der Waals surface area contributed by atoms with Gasteiger partial charge < -0.3 is 11.5 Å². The van der Waals surface area contributed by atoms with Crippen molar-refractivity contribution in [2.75, 3.05) is 11.5 Å². The van der Waals surface area contributed by atoms with Gasteiger partial charge in [0.25, 0.3) is 0 Å². The quantitative estimate of drug-likeness (QED) is 0.728. The van der Waals surface area contributed by atoms with Crippen LogP contribution in [0.2, 0.25) is 0 Å². The largest absolute Gasteiger partial charge is 0.383 e. The van der Waals surface area contributed by atoms with Crippen LogP contribution in [-0.4, -0.2) is 19.7 Å². The van der Waals surface area contributed by atoms with Crippen LogP contribution in [0.25, 0.3) is 21.8 Å². The molecule has 0 bridgehead atoms. The van der Waals surface area contributed by atoms with Crippen LogP contribution in [0.1, 0.15) is 13.8 Å². The maximum absolute atomic E-state index is 5.97. The monoisotopic (exact) mass is 256 g/mol. The Morgan fingerprint density at radius 3 is 2.63 bits per heavy atom. The van der Waals surface area contributed by atoms with Crippen molar-refractivity contribution in [1.29, 1.82) is 0 Å². The van der Waals surface area contributed by atoms with Gasteiger partial charge in [0.1, 0.15) is 5.82 Å². The van der Waals surface area contributed by atoms with E-state index in [0.717, 1.165) is 28.4 Å². The molecule has 2 aromatic heterocycles. The second-order valence-corrected chi connectivity index (χ2v) is 5.10. The molecular formula is C13H16N6. The number of fused-ring (bicyclic) bond motifs is 3. The zero-order valence-electron chi connectivity index (χ0n) is 11.0. The van der Waals surface area contributed by atoms with Crippen molar-refractivity contribution < 1.29 is 0 Å². The molecule has 1 aromatic carbocycles. The number of hydrogen-bond donors (Lipinski definition) is 2. The SMILES string of the molecule is CC(C)Cn1cc2c(ccc3nc(N)nc(N)c32)n1. The Morgan fingerprint density at radius 1 is 1.16 bits per heavy atom. The number of nitrogen functional groups attached to an aromatic ring is 2. The normalized spacial score (nSPS) is 11.7. The second kappa shape index (κ2) is 4.08. The number of aromatic nitrogens is 4. The summed E-state index contributed by atoms with van der Waals surface area (Å²) in [7, 11) is 0. The first-order valence-corrected chi connectivity index (χ1v) is 6.23. The number of nitrogens with two attached hydrogens (primary N) is 2. The van der Waals surface area contributed by atoms with Gasteiger partial charge in [-0.15, -0.1) is 0 Å². The van der Waals surface area contributed by atoms with Crippen molar-refractivity contribution in [2.24, 2.45) is 5.92 Å². The molecule has 0 amide bonds.